The van der Waals surface area contributed by atoms with E-state index in [4.69, 9.17) is 4.98 Å². The van der Waals surface area contributed by atoms with Crippen molar-refractivity contribution in [3.8, 4) is 22.6 Å². The third-order valence-corrected chi connectivity index (χ3v) is 6.17. The Bertz CT molecular complexity index is 1390. The summed E-state index contributed by atoms with van der Waals surface area (Å²) in [6.45, 7) is 6.47. The number of aromatic nitrogens is 2. The maximum Gasteiger partial charge on any atom is 0.0893 e. The molecule has 2 aromatic heterocycles. The number of nitrogens with one attached hydrogen (secondary N) is 1. The van der Waals surface area contributed by atoms with Crippen LogP contribution in [-0.2, 0) is 6.42 Å². The fourth-order valence-electron chi connectivity index (χ4n) is 4.61. The van der Waals surface area contributed by atoms with Gasteiger partial charge in [-0.1, -0.05) is 61.9 Å². The quantitative estimate of drug-likeness (QED) is 0.295. The van der Waals surface area contributed by atoms with Crippen LogP contribution in [0.4, 0.5) is 0 Å². The summed E-state index contributed by atoms with van der Waals surface area (Å²) in [5.41, 5.74) is 8.30. The van der Waals surface area contributed by atoms with E-state index < -0.39 is 0 Å². The molecule has 0 fully saturated rings. The zero-order valence-corrected chi connectivity index (χ0v) is 18.5. The number of aromatic amines is 1. The first kappa shape index (κ1) is 19.6. The van der Waals surface area contributed by atoms with E-state index in [-0.39, 0.29) is 0 Å². The Morgan fingerprint density at radius 1 is 0.806 bits per heavy atom. The van der Waals surface area contributed by atoms with Gasteiger partial charge in [-0.25, -0.2) is 0 Å². The molecule has 1 N–H and O–H groups in total. The van der Waals surface area contributed by atoms with Crippen molar-refractivity contribution in [3.05, 3.63) is 89.6 Å². The first-order chi connectivity index (χ1) is 15.1. The minimum absolute atomic E-state index is 1.02. The monoisotopic (exact) mass is 404 g/mol. The largest absolute Gasteiger partial charge is 0.353 e. The van der Waals surface area contributed by atoms with Gasteiger partial charge in [0.15, 0.2) is 0 Å². The van der Waals surface area contributed by atoms with Crippen LogP contribution < -0.4 is 0 Å². The van der Waals surface area contributed by atoms with Gasteiger partial charge < -0.3 is 4.98 Å². The van der Waals surface area contributed by atoms with Crippen molar-refractivity contribution in [2.45, 2.75) is 40.0 Å². The molecule has 0 spiro atoms. The van der Waals surface area contributed by atoms with Gasteiger partial charge in [-0.05, 0) is 83.1 Å². The van der Waals surface area contributed by atoms with E-state index in [1.54, 1.807) is 0 Å². The van der Waals surface area contributed by atoms with E-state index >= 15 is 0 Å². The molecular formula is C29H28N2. The average Bonchev–Trinajstić information content (AvgIpc) is 3.25. The second kappa shape index (κ2) is 8.03. The van der Waals surface area contributed by atoms with Crippen LogP contribution in [0.3, 0.4) is 0 Å². The molecule has 0 aliphatic carbocycles. The fourth-order valence-corrected chi connectivity index (χ4v) is 4.61. The molecule has 5 rings (SSSR count). The van der Waals surface area contributed by atoms with Gasteiger partial charge in [0.05, 0.1) is 11.4 Å². The normalized spacial score (nSPS) is 11.5. The van der Waals surface area contributed by atoms with Crippen LogP contribution in [0, 0.1) is 13.8 Å². The lowest BCUT2D eigenvalue weighted by Gasteiger charge is -2.12. The minimum atomic E-state index is 1.02. The summed E-state index contributed by atoms with van der Waals surface area (Å²) in [4.78, 5) is 8.39. The Morgan fingerprint density at radius 3 is 2.45 bits per heavy atom. The number of rotatable bonds is 5. The van der Waals surface area contributed by atoms with Gasteiger partial charge in [0.25, 0.3) is 0 Å². The number of benzene rings is 3. The molecule has 2 heterocycles. The van der Waals surface area contributed by atoms with Crippen molar-refractivity contribution in [1.29, 1.82) is 0 Å². The van der Waals surface area contributed by atoms with E-state index in [2.05, 4.69) is 92.5 Å². The average molecular weight is 405 g/mol. The van der Waals surface area contributed by atoms with Gasteiger partial charge in [-0.3, -0.25) is 4.98 Å². The van der Waals surface area contributed by atoms with Gasteiger partial charge >= 0.3 is 0 Å². The summed E-state index contributed by atoms with van der Waals surface area (Å²) >= 11 is 0. The maximum atomic E-state index is 4.70. The summed E-state index contributed by atoms with van der Waals surface area (Å²) in [5, 5.41) is 5.15. The molecule has 0 amide bonds. The summed E-state index contributed by atoms with van der Waals surface area (Å²) in [7, 11) is 0. The predicted molar refractivity (Wildman–Crippen MR) is 133 cm³/mol. The molecule has 31 heavy (non-hydrogen) atoms. The number of unbranched alkanes of at least 4 members (excludes halogenated alkanes) is 1. The Hall–Kier alpha value is -3.39. The number of hydrogen-bond acceptors (Lipinski definition) is 1. The van der Waals surface area contributed by atoms with Gasteiger partial charge in [0, 0.05) is 17.5 Å². The molecule has 0 aliphatic heterocycles. The molecular weight excluding hydrogens is 376 g/mol. The highest BCUT2D eigenvalue weighted by Crippen LogP contribution is 2.37. The van der Waals surface area contributed by atoms with Crippen LogP contribution in [0.5, 0.6) is 0 Å². The first-order valence-electron chi connectivity index (χ1n) is 11.2. The van der Waals surface area contributed by atoms with E-state index in [0.717, 1.165) is 23.5 Å². The van der Waals surface area contributed by atoms with Gasteiger partial charge in [0.2, 0.25) is 0 Å². The number of hydrogen-bond donors (Lipinski definition) is 1. The van der Waals surface area contributed by atoms with Crippen LogP contribution in [0.2, 0.25) is 0 Å². The number of H-pyrrole nitrogens is 1. The third-order valence-electron chi connectivity index (χ3n) is 6.17. The SMILES string of the molecule is CCCCc1ccc2cc3ccccc3c(-c3ccc(-c4ncc(C)cc4C)[nH]3)c2c1. The van der Waals surface area contributed by atoms with Gasteiger partial charge in [-0.15, -0.1) is 0 Å². The van der Waals surface area contributed by atoms with Crippen molar-refractivity contribution in [3.63, 3.8) is 0 Å². The topological polar surface area (TPSA) is 28.7 Å². The lowest BCUT2D eigenvalue weighted by molar-refractivity contribution is 0.796. The van der Waals surface area contributed by atoms with E-state index in [9.17, 15) is 0 Å². The predicted octanol–water partition coefficient (Wildman–Crippen LogP) is 8.01. The number of nitrogens with zero attached hydrogens (tertiary/aromatic N) is 1. The molecule has 5 aromatic rings. The third kappa shape index (κ3) is 3.63. The molecule has 0 aliphatic rings. The summed E-state index contributed by atoms with van der Waals surface area (Å²) in [6.07, 6.45) is 5.50. The summed E-state index contributed by atoms with van der Waals surface area (Å²) in [5.74, 6) is 0. The highest BCUT2D eigenvalue weighted by molar-refractivity contribution is 6.12. The fraction of sp³-hybridized carbons (Fsp3) is 0.207. The molecule has 3 aromatic carbocycles. The standard InChI is InChI=1S/C29H28N2/c1-4-5-8-21-11-12-23-17-22-9-6-7-10-24(22)28(25(23)16-21)26-13-14-27(31-26)29-20(3)15-19(2)18-30-29/h6-7,9-18,31H,4-5,8H2,1-3H3. The van der Waals surface area contributed by atoms with Crippen LogP contribution in [0.15, 0.2) is 72.9 Å². The lowest BCUT2D eigenvalue weighted by Crippen LogP contribution is -1.91. The number of aryl methyl sites for hydroxylation is 3. The van der Waals surface area contributed by atoms with Crippen LogP contribution >= 0.6 is 0 Å². The minimum Gasteiger partial charge on any atom is -0.353 e. The molecule has 0 bridgehead atoms. The van der Waals surface area contributed by atoms with Crippen LogP contribution in [-0.4, -0.2) is 9.97 Å². The number of fused-ring (bicyclic) bond motifs is 2. The zero-order valence-electron chi connectivity index (χ0n) is 18.5. The molecule has 0 saturated carbocycles. The van der Waals surface area contributed by atoms with Gasteiger partial charge in [-0.2, -0.15) is 0 Å². The van der Waals surface area contributed by atoms with E-state index in [1.807, 2.05) is 6.20 Å². The van der Waals surface area contributed by atoms with Gasteiger partial charge in [0.1, 0.15) is 0 Å². The Morgan fingerprint density at radius 2 is 1.61 bits per heavy atom. The summed E-state index contributed by atoms with van der Waals surface area (Å²) < 4.78 is 0. The van der Waals surface area contributed by atoms with Crippen LogP contribution in [0.1, 0.15) is 36.5 Å². The summed E-state index contributed by atoms with van der Waals surface area (Å²) in [6, 6.07) is 24.5. The molecule has 2 heteroatoms. The Labute approximate surface area is 184 Å². The highest BCUT2D eigenvalue weighted by atomic mass is 14.8. The van der Waals surface area contributed by atoms with E-state index in [1.165, 1.54) is 56.6 Å². The maximum absolute atomic E-state index is 4.70. The van der Waals surface area contributed by atoms with E-state index in [0.29, 0.717) is 0 Å². The first-order valence-corrected chi connectivity index (χ1v) is 11.2. The lowest BCUT2D eigenvalue weighted by atomic mass is 9.93. The molecule has 0 radical (unpaired) electrons. The second-order valence-electron chi connectivity index (χ2n) is 8.60. The van der Waals surface area contributed by atoms with Crippen LogP contribution in [0.25, 0.3) is 44.2 Å². The molecule has 0 saturated heterocycles. The van der Waals surface area contributed by atoms with Crippen molar-refractivity contribution >= 4 is 21.5 Å². The smallest absolute Gasteiger partial charge is 0.0893 e. The Kier molecular flexibility index (Phi) is 5.07. The van der Waals surface area contributed by atoms with Crippen molar-refractivity contribution in [1.82, 2.24) is 9.97 Å². The Balaban J connectivity index is 1.73. The zero-order chi connectivity index (χ0) is 21.4. The molecule has 2 nitrogen and oxygen atoms in total. The second-order valence-corrected chi connectivity index (χ2v) is 8.60. The molecule has 154 valence electrons. The number of pyridine rings is 1. The molecule has 0 atom stereocenters. The highest BCUT2D eigenvalue weighted by Gasteiger charge is 2.14. The van der Waals surface area contributed by atoms with Crippen molar-refractivity contribution < 1.29 is 0 Å². The molecule has 0 unspecified atom stereocenters. The van der Waals surface area contributed by atoms with Crippen molar-refractivity contribution in [2.75, 3.05) is 0 Å². The van der Waals surface area contributed by atoms with Crippen molar-refractivity contribution in [2.24, 2.45) is 0 Å².